The van der Waals surface area contributed by atoms with Crippen LogP contribution in [0.3, 0.4) is 0 Å². The van der Waals surface area contributed by atoms with E-state index in [9.17, 15) is 9.00 Å². The minimum absolute atomic E-state index is 0.0425. The van der Waals surface area contributed by atoms with E-state index in [1.54, 1.807) is 24.7 Å². The molecule has 1 aliphatic rings. The van der Waals surface area contributed by atoms with Gasteiger partial charge in [-0.05, 0) is 30.5 Å². The number of benzene rings is 1. The number of hydrogen-bond acceptors (Lipinski definition) is 3. The van der Waals surface area contributed by atoms with E-state index in [-0.39, 0.29) is 6.03 Å². The first-order chi connectivity index (χ1) is 10.4. The maximum atomic E-state index is 12.1. The van der Waals surface area contributed by atoms with Gasteiger partial charge in [0, 0.05) is 39.1 Å². The number of urea groups is 1. The molecule has 2 rings (SSSR count). The zero-order valence-corrected chi connectivity index (χ0v) is 14.2. The Balaban J connectivity index is 1.95. The average molecular weight is 324 g/mol. The minimum Gasteiger partial charge on any atom is -0.325 e. The van der Waals surface area contributed by atoms with Gasteiger partial charge in [0.15, 0.2) is 0 Å². The van der Waals surface area contributed by atoms with Crippen molar-refractivity contribution in [3.63, 3.8) is 0 Å². The van der Waals surface area contributed by atoms with Gasteiger partial charge in [-0.1, -0.05) is 12.1 Å². The monoisotopic (exact) mass is 324 g/mol. The van der Waals surface area contributed by atoms with Gasteiger partial charge < -0.3 is 10.2 Å². The Morgan fingerprint density at radius 1 is 1.27 bits per heavy atom. The fourth-order valence-corrected chi connectivity index (χ4v) is 2.75. The third kappa shape index (κ3) is 4.45. The highest BCUT2D eigenvalue weighted by atomic mass is 32.2. The summed E-state index contributed by atoms with van der Waals surface area (Å²) in [7, 11) is 1.20. The Morgan fingerprint density at radius 3 is 2.41 bits per heavy atom. The van der Waals surface area contributed by atoms with Crippen LogP contribution < -0.4 is 5.32 Å². The molecule has 7 heteroatoms. The summed E-state index contributed by atoms with van der Waals surface area (Å²) in [6, 6.07) is 7.46. The van der Waals surface area contributed by atoms with Crippen LogP contribution in [0.2, 0.25) is 0 Å². The van der Waals surface area contributed by atoms with Crippen molar-refractivity contribution < 1.29 is 9.00 Å². The summed E-state index contributed by atoms with van der Waals surface area (Å²) >= 11 is 0. The van der Waals surface area contributed by atoms with Crippen molar-refractivity contribution in [3.8, 4) is 0 Å². The summed E-state index contributed by atoms with van der Waals surface area (Å²) in [6.45, 7) is 2.06. The molecule has 1 aromatic rings. The Labute approximate surface area is 132 Å². The first-order valence-electron chi connectivity index (χ1n) is 7.39. The Morgan fingerprint density at radius 2 is 1.86 bits per heavy atom. The van der Waals surface area contributed by atoms with Crippen molar-refractivity contribution in [2.45, 2.75) is 19.4 Å². The molecule has 1 heterocycles. The number of nitrogens with one attached hydrogen (secondary N) is 1. The quantitative estimate of drug-likeness (QED) is 0.924. The van der Waals surface area contributed by atoms with Gasteiger partial charge in [0.05, 0.1) is 6.54 Å². The van der Waals surface area contributed by atoms with E-state index < -0.39 is 9.92 Å². The van der Waals surface area contributed by atoms with Crippen LogP contribution in [0, 0.1) is 0 Å². The third-order valence-corrected chi connectivity index (χ3v) is 5.73. The molecule has 2 amide bonds. The lowest BCUT2D eigenvalue weighted by molar-refractivity contribution is 0.222. The average Bonchev–Trinajstić information content (AvgIpc) is 3.01. The van der Waals surface area contributed by atoms with Crippen molar-refractivity contribution in [1.29, 1.82) is 0 Å². The van der Waals surface area contributed by atoms with Crippen molar-refractivity contribution in [2.24, 2.45) is 4.36 Å². The van der Waals surface area contributed by atoms with Crippen LogP contribution in [0.15, 0.2) is 28.6 Å². The van der Waals surface area contributed by atoms with E-state index in [0.717, 1.165) is 37.2 Å². The van der Waals surface area contributed by atoms with Gasteiger partial charge >= 0.3 is 6.03 Å². The highest BCUT2D eigenvalue weighted by molar-refractivity contribution is 7.90. The van der Waals surface area contributed by atoms with Crippen molar-refractivity contribution in [1.82, 2.24) is 9.21 Å². The largest absolute Gasteiger partial charge is 0.325 e. The molecule has 22 heavy (non-hydrogen) atoms. The Kier molecular flexibility index (Phi) is 5.42. The summed E-state index contributed by atoms with van der Waals surface area (Å²) in [5.74, 6) is 0. The van der Waals surface area contributed by atoms with Crippen LogP contribution >= 0.6 is 0 Å². The van der Waals surface area contributed by atoms with Gasteiger partial charge in [-0.3, -0.25) is 0 Å². The Bertz CT molecular complexity index is 627. The lowest BCUT2D eigenvalue weighted by Crippen LogP contribution is -2.32. The molecule has 0 radical (unpaired) electrons. The Hall–Kier alpha value is -1.60. The van der Waals surface area contributed by atoms with E-state index >= 15 is 0 Å². The van der Waals surface area contributed by atoms with Gasteiger partial charge in [-0.2, -0.15) is 0 Å². The maximum Gasteiger partial charge on any atom is 0.321 e. The van der Waals surface area contributed by atoms with Gasteiger partial charge in [0.25, 0.3) is 0 Å². The summed E-state index contributed by atoms with van der Waals surface area (Å²) in [4.78, 5) is 13.8. The summed E-state index contributed by atoms with van der Waals surface area (Å²) in [5, 5.41) is 2.89. The normalized spacial score (nSPS) is 17.4. The van der Waals surface area contributed by atoms with Gasteiger partial charge in [-0.25, -0.2) is 17.7 Å². The van der Waals surface area contributed by atoms with Crippen LogP contribution in [0.4, 0.5) is 10.5 Å². The summed E-state index contributed by atoms with van der Waals surface area (Å²) in [5.41, 5.74) is 1.74. The topological polar surface area (TPSA) is 65.0 Å². The molecule has 0 aliphatic carbocycles. The molecular formula is C15H24N4O2S. The first-order valence-corrected chi connectivity index (χ1v) is 9.27. The number of carbonyl (C=O) groups is 1. The van der Waals surface area contributed by atoms with Crippen LogP contribution in [0.25, 0.3) is 0 Å². The second-order valence-corrected chi connectivity index (χ2v) is 8.20. The molecular weight excluding hydrogens is 300 g/mol. The van der Waals surface area contributed by atoms with Crippen LogP contribution in [-0.2, 0) is 16.5 Å². The number of likely N-dealkylation sites (tertiary alicyclic amines) is 1. The molecule has 0 saturated carbocycles. The molecule has 1 aliphatic heterocycles. The number of amides is 2. The molecule has 0 aromatic heterocycles. The van der Waals surface area contributed by atoms with Crippen LogP contribution in [0.5, 0.6) is 0 Å². The van der Waals surface area contributed by atoms with Gasteiger partial charge in [0.2, 0.25) is 0 Å². The zero-order valence-electron chi connectivity index (χ0n) is 13.4. The van der Waals surface area contributed by atoms with Crippen molar-refractivity contribution in [3.05, 3.63) is 29.8 Å². The van der Waals surface area contributed by atoms with E-state index in [4.69, 9.17) is 0 Å². The number of carbonyl (C=O) groups excluding carboxylic acids is 1. The molecule has 1 unspecified atom stereocenters. The molecule has 1 N–H and O–H groups in total. The maximum absolute atomic E-state index is 12.1. The smallest absolute Gasteiger partial charge is 0.321 e. The van der Waals surface area contributed by atoms with E-state index in [1.165, 1.54) is 0 Å². The zero-order chi connectivity index (χ0) is 16.2. The highest BCUT2D eigenvalue weighted by Gasteiger charge is 2.17. The van der Waals surface area contributed by atoms with Crippen molar-refractivity contribution in [2.75, 3.05) is 38.8 Å². The van der Waals surface area contributed by atoms with Crippen molar-refractivity contribution >= 4 is 21.6 Å². The predicted molar refractivity (Wildman–Crippen MR) is 90.2 cm³/mol. The molecule has 1 aromatic carbocycles. The molecule has 122 valence electrons. The number of anilines is 1. The number of rotatable bonds is 4. The predicted octanol–water partition coefficient (Wildman–Crippen LogP) is 2.39. The van der Waals surface area contributed by atoms with Crippen LogP contribution in [-0.4, -0.2) is 52.9 Å². The lowest BCUT2D eigenvalue weighted by atomic mass is 10.2. The second-order valence-electron chi connectivity index (χ2n) is 5.68. The fraction of sp³-hybridized carbons (Fsp3) is 0.533. The SMILES string of the molecule is CN(C)S(C)(=O)=NCc1ccc(NC(=O)N2CCCC2)cc1. The fourth-order valence-electron chi connectivity index (χ4n) is 2.13. The summed E-state index contributed by atoms with van der Waals surface area (Å²) in [6.07, 6.45) is 3.78. The number of nitrogens with zero attached hydrogens (tertiary/aromatic N) is 3. The van der Waals surface area contributed by atoms with Gasteiger partial charge in [0.1, 0.15) is 9.92 Å². The molecule has 0 spiro atoms. The lowest BCUT2D eigenvalue weighted by Gasteiger charge is -2.16. The number of hydrogen-bond donors (Lipinski definition) is 1. The van der Waals surface area contributed by atoms with E-state index in [2.05, 4.69) is 9.68 Å². The minimum atomic E-state index is -2.30. The molecule has 0 bridgehead atoms. The standard InChI is InChI=1S/C15H24N4O2S/c1-18(2)22(3,21)16-12-13-6-8-14(9-7-13)17-15(20)19-10-4-5-11-19/h6-9H,4-5,10-12H2,1-3H3,(H,17,20). The molecule has 1 atom stereocenters. The van der Waals surface area contributed by atoms with Gasteiger partial charge in [-0.15, -0.1) is 0 Å². The first kappa shape index (κ1) is 16.8. The van der Waals surface area contributed by atoms with E-state index in [1.807, 2.05) is 29.2 Å². The molecule has 1 saturated heterocycles. The highest BCUT2D eigenvalue weighted by Crippen LogP contribution is 2.14. The second kappa shape index (κ2) is 7.11. The molecule has 6 nitrogen and oxygen atoms in total. The van der Waals surface area contributed by atoms with E-state index in [0.29, 0.717) is 6.54 Å². The molecule has 1 fully saturated rings. The third-order valence-electron chi connectivity index (χ3n) is 3.76. The summed E-state index contributed by atoms with van der Waals surface area (Å²) < 4.78 is 18.0. The van der Waals surface area contributed by atoms with Crippen LogP contribution in [0.1, 0.15) is 18.4 Å².